The van der Waals surface area contributed by atoms with E-state index in [0.717, 1.165) is 0 Å². The van der Waals surface area contributed by atoms with Crippen LogP contribution in [0.4, 0.5) is 0 Å². The van der Waals surface area contributed by atoms with Crippen LogP contribution in [0.25, 0.3) is 0 Å². The van der Waals surface area contributed by atoms with Gasteiger partial charge in [0.25, 0.3) is 0 Å². The number of hydrogen-bond donors (Lipinski definition) is 1. The quantitative estimate of drug-likeness (QED) is 0.437. The number of methoxy groups -OCH3 is 1. The van der Waals surface area contributed by atoms with Gasteiger partial charge in [-0.1, -0.05) is 32.1 Å². The molecule has 1 N–H and O–H groups in total. The maximum absolute atomic E-state index is 11.5. The van der Waals surface area contributed by atoms with E-state index in [9.17, 15) is 9.59 Å². The van der Waals surface area contributed by atoms with E-state index < -0.39 is 12.0 Å². The molecule has 4 nitrogen and oxygen atoms in total. The molecule has 0 aliphatic heterocycles. The predicted octanol–water partition coefficient (Wildman–Crippen LogP) is 1.82. The molecule has 0 aromatic heterocycles. The molecule has 17 heavy (non-hydrogen) atoms. The van der Waals surface area contributed by atoms with Crippen molar-refractivity contribution in [2.75, 3.05) is 7.11 Å². The standard InChI is InChI=1S/C13H21NO3/c1-5-6-7-8-12(15)14-11(9-10(2)3)13(16)17-4/h5-8,10-11H,9H2,1-4H3,(H,14,15)/b6-5+,8-7+. The minimum Gasteiger partial charge on any atom is -0.467 e. The van der Waals surface area contributed by atoms with E-state index in [0.29, 0.717) is 12.3 Å². The molecule has 1 atom stereocenters. The topological polar surface area (TPSA) is 55.4 Å². The van der Waals surface area contributed by atoms with Gasteiger partial charge in [0.05, 0.1) is 7.11 Å². The summed E-state index contributed by atoms with van der Waals surface area (Å²) in [6.07, 6.45) is 7.13. The van der Waals surface area contributed by atoms with Crippen LogP contribution in [0.15, 0.2) is 24.3 Å². The molecule has 0 spiro atoms. The number of esters is 1. The Kier molecular flexibility index (Phi) is 7.76. The van der Waals surface area contributed by atoms with E-state index in [4.69, 9.17) is 0 Å². The molecule has 0 saturated heterocycles. The number of carbonyl (C=O) groups is 2. The third-order valence-electron chi connectivity index (χ3n) is 2.06. The van der Waals surface area contributed by atoms with E-state index in [1.54, 1.807) is 12.2 Å². The first-order valence-electron chi connectivity index (χ1n) is 5.69. The number of hydrogen-bond acceptors (Lipinski definition) is 3. The van der Waals surface area contributed by atoms with Gasteiger partial charge in [0.1, 0.15) is 6.04 Å². The summed E-state index contributed by atoms with van der Waals surface area (Å²) in [6, 6.07) is -0.581. The first kappa shape index (κ1) is 15.4. The Morgan fingerprint density at radius 1 is 1.29 bits per heavy atom. The van der Waals surface area contributed by atoms with Gasteiger partial charge in [-0.3, -0.25) is 4.79 Å². The Balaban J connectivity index is 4.42. The Hall–Kier alpha value is -1.58. The molecule has 0 bridgehead atoms. The molecular formula is C13H21NO3. The predicted molar refractivity (Wildman–Crippen MR) is 67.4 cm³/mol. The van der Waals surface area contributed by atoms with E-state index in [-0.39, 0.29) is 5.91 Å². The van der Waals surface area contributed by atoms with Gasteiger partial charge in [0, 0.05) is 6.08 Å². The Bertz CT molecular complexity index is 306. The maximum Gasteiger partial charge on any atom is 0.328 e. The van der Waals surface area contributed by atoms with Gasteiger partial charge in [-0.05, 0) is 19.3 Å². The number of ether oxygens (including phenoxy) is 1. The van der Waals surface area contributed by atoms with Crippen molar-refractivity contribution in [1.29, 1.82) is 0 Å². The van der Waals surface area contributed by atoms with Crippen LogP contribution in [0, 0.1) is 5.92 Å². The van der Waals surface area contributed by atoms with Gasteiger partial charge in [-0.15, -0.1) is 0 Å². The van der Waals surface area contributed by atoms with E-state index in [2.05, 4.69) is 10.1 Å². The van der Waals surface area contributed by atoms with Crippen molar-refractivity contribution in [3.63, 3.8) is 0 Å². The summed E-state index contributed by atoms with van der Waals surface area (Å²) in [4.78, 5) is 22.9. The molecule has 1 amide bonds. The first-order chi connectivity index (χ1) is 8.01. The summed E-state index contributed by atoms with van der Waals surface area (Å²) in [6.45, 7) is 5.83. The van der Waals surface area contributed by atoms with Gasteiger partial charge in [0.15, 0.2) is 0 Å². The largest absolute Gasteiger partial charge is 0.467 e. The summed E-state index contributed by atoms with van der Waals surface area (Å²) < 4.78 is 4.65. The second-order valence-electron chi connectivity index (χ2n) is 4.10. The maximum atomic E-state index is 11.5. The van der Waals surface area contributed by atoms with Crippen molar-refractivity contribution in [3.8, 4) is 0 Å². The normalized spacial score (nSPS) is 13.2. The number of allylic oxidation sites excluding steroid dienone is 3. The molecule has 96 valence electrons. The fourth-order valence-electron chi connectivity index (χ4n) is 1.30. The van der Waals surface area contributed by atoms with Crippen LogP contribution in [-0.4, -0.2) is 25.0 Å². The van der Waals surface area contributed by atoms with E-state index in [1.165, 1.54) is 13.2 Å². The third-order valence-corrected chi connectivity index (χ3v) is 2.06. The molecule has 0 rings (SSSR count). The van der Waals surface area contributed by atoms with E-state index in [1.807, 2.05) is 26.8 Å². The number of carbonyl (C=O) groups excluding carboxylic acids is 2. The highest BCUT2D eigenvalue weighted by Crippen LogP contribution is 2.06. The summed E-state index contributed by atoms with van der Waals surface area (Å²) in [7, 11) is 1.32. The number of rotatable bonds is 6. The molecular weight excluding hydrogens is 218 g/mol. The molecule has 0 aliphatic rings. The fraction of sp³-hybridized carbons (Fsp3) is 0.538. The highest BCUT2D eigenvalue weighted by molar-refractivity contribution is 5.91. The van der Waals surface area contributed by atoms with Crippen molar-refractivity contribution in [1.82, 2.24) is 5.32 Å². The summed E-state index contributed by atoms with van der Waals surface area (Å²) in [5, 5.41) is 2.62. The van der Waals surface area contributed by atoms with Crippen LogP contribution in [0.1, 0.15) is 27.2 Å². The minimum absolute atomic E-state index is 0.292. The monoisotopic (exact) mass is 239 g/mol. The van der Waals surface area contributed by atoms with Crippen molar-refractivity contribution in [2.24, 2.45) is 5.92 Å². The van der Waals surface area contributed by atoms with Crippen LogP contribution in [-0.2, 0) is 14.3 Å². The van der Waals surface area contributed by atoms with Crippen LogP contribution >= 0.6 is 0 Å². The van der Waals surface area contributed by atoms with Gasteiger partial charge in [-0.25, -0.2) is 4.79 Å². The average molecular weight is 239 g/mol. The van der Waals surface area contributed by atoms with Crippen LogP contribution in [0.2, 0.25) is 0 Å². The van der Waals surface area contributed by atoms with Crippen LogP contribution < -0.4 is 5.32 Å². The van der Waals surface area contributed by atoms with Crippen molar-refractivity contribution < 1.29 is 14.3 Å². The zero-order valence-electron chi connectivity index (χ0n) is 10.9. The molecule has 0 aromatic rings. The summed E-state index contributed by atoms with van der Waals surface area (Å²) in [5.74, 6) is -0.399. The zero-order valence-corrected chi connectivity index (χ0v) is 10.9. The molecule has 1 unspecified atom stereocenters. The van der Waals surface area contributed by atoms with Crippen molar-refractivity contribution in [2.45, 2.75) is 33.2 Å². The molecule has 0 fully saturated rings. The second kappa shape index (κ2) is 8.56. The lowest BCUT2D eigenvalue weighted by molar-refractivity contribution is -0.145. The lowest BCUT2D eigenvalue weighted by Crippen LogP contribution is -2.41. The van der Waals surface area contributed by atoms with Gasteiger partial charge in [-0.2, -0.15) is 0 Å². The fourth-order valence-corrected chi connectivity index (χ4v) is 1.30. The molecule has 0 heterocycles. The Labute approximate surface area is 103 Å². The van der Waals surface area contributed by atoms with Crippen LogP contribution in [0.3, 0.4) is 0 Å². The lowest BCUT2D eigenvalue weighted by atomic mass is 10.0. The second-order valence-corrected chi connectivity index (χ2v) is 4.10. The zero-order chi connectivity index (χ0) is 13.3. The number of amides is 1. The summed E-state index contributed by atoms with van der Waals surface area (Å²) >= 11 is 0. The lowest BCUT2D eigenvalue weighted by Gasteiger charge is -2.17. The highest BCUT2D eigenvalue weighted by atomic mass is 16.5. The average Bonchev–Trinajstić information content (AvgIpc) is 2.27. The molecule has 0 saturated carbocycles. The third kappa shape index (κ3) is 7.33. The minimum atomic E-state index is -0.581. The first-order valence-corrected chi connectivity index (χ1v) is 5.69. The SMILES string of the molecule is C/C=C/C=C/C(=O)NC(CC(C)C)C(=O)OC. The Morgan fingerprint density at radius 2 is 1.94 bits per heavy atom. The van der Waals surface area contributed by atoms with E-state index >= 15 is 0 Å². The molecule has 0 aromatic carbocycles. The highest BCUT2D eigenvalue weighted by Gasteiger charge is 2.21. The molecule has 4 heteroatoms. The van der Waals surface area contributed by atoms with Crippen molar-refractivity contribution in [3.05, 3.63) is 24.3 Å². The van der Waals surface area contributed by atoms with Gasteiger partial charge < -0.3 is 10.1 Å². The van der Waals surface area contributed by atoms with Crippen molar-refractivity contribution >= 4 is 11.9 Å². The molecule has 0 radical (unpaired) electrons. The van der Waals surface area contributed by atoms with Gasteiger partial charge in [0.2, 0.25) is 5.91 Å². The summed E-state index contributed by atoms with van der Waals surface area (Å²) in [5.41, 5.74) is 0. The molecule has 0 aliphatic carbocycles. The smallest absolute Gasteiger partial charge is 0.328 e. The van der Waals surface area contributed by atoms with Gasteiger partial charge >= 0.3 is 5.97 Å². The van der Waals surface area contributed by atoms with Crippen LogP contribution in [0.5, 0.6) is 0 Å². The Morgan fingerprint density at radius 3 is 2.41 bits per heavy atom. The number of nitrogens with one attached hydrogen (secondary N) is 1.